The van der Waals surface area contributed by atoms with Crippen LogP contribution in [0.4, 0.5) is 10.7 Å². The maximum absolute atomic E-state index is 13.5. The molecule has 4 heterocycles. The average molecular weight is 712 g/mol. The highest BCUT2D eigenvalue weighted by atomic mass is 32.2. The summed E-state index contributed by atoms with van der Waals surface area (Å²) < 4.78 is 1.46. The van der Waals surface area contributed by atoms with Crippen LogP contribution in [-0.2, 0) is 16.1 Å². The summed E-state index contributed by atoms with van der Waals surface area (Å²) >= 11 is 9.61. The standard InChI is InChI=1S/C37H33N3O4S4/c1-4-38-34(43)30(47-36(38)33-35(44)39(20-32(41)42)37(45)48-33)19-23-12-16-29-28(18-23)21(2)22(3)40(29)31-17-15-26(46-31)14-13-25-10-7-9-24-8-5-6-11-27(24)25/h5-19,21-22,36,44H,4,20H2,1-3H3,(H,41,42). The predicted octanol–water partition coefficient (Wildman–Crippen LogP) is 9.73. The Bertz CT molecular complexity index is 2190. The van der Waals surface area contributed by atoms with E-state index < -0.39 is 17.9 Å². The number of amides is 1. The normalized spacial score (nSPS) is 20.1. The minimum atomic E-state index is -1.10. The Morgan fingerprint density at radius 2 is 1.79 bits per heavy atom. The van der Waals surface area contributed by atoms with Crippen LogP contribution in [0.1, 0.15) is 58.5 Å². The van der Waals surface area contributed by atoms with E-state index in [-0.39, 0.29) is 27.7 Å². The van der Waals surface area contributed by atoms with Gasteiger partial charge in [-0.3, -0.25) is 14.2 Å². The van der Waals surface area contributed by atoms with Gasteiger partial charge in [0.25, 0.3) is 5.91 Å². The van der Waals surface area contributed by atoms with Crippen molar-refractivity contribution in [3.8, 4) is 5.88 Å². The Morgan fingerprint density at radius 3 is 2.58 bits per heavy atom. The molecule has 2 aliphatic heterocycles. The largest absolute Gasteiger partial charge is 0.494 e. The molecule has 7 nitrogen and oxygen atoms in total. The highest BCUT2D eigenvalue weighted by molar-refractivity contribution is 8.05. The number of aromatic hydroxyl groups is 1. The van der Waals surface area contributed by atoms with Gasteiger partial charge >= 0.3 is 5.97 Å². The van der Waals surface area contributed by atoms with Crippen molar-refractivity contribution in [2.45, 2.75) is 44.6 Å². The molecule has 48 heavy (non-hydrogen) atoms. The number of benzene rings is 3. The van der Waals surface area contributed by atoms with Crippen molar-refractivity contribution in [2.24, 2.45) is 0 Å². The molecule has 3 unspecified atom stereocenters. The van der Waals surface area contributed by atoms with E-state index in [1.807, 2.05) is 13.0 Å². The third kappa shape index (κ3) is 5.78. The molecule has 0 spiro atoms. The minimum absolute atomic E-state index is 0.123. The number of aliphatic carboxylic acids is 1. The molecule has 0 saturated carbocycles. The summed E-state index contributed by atoms with van der Waals surface area (Å²) in [4.78, 5) is 31.2. The van der Waals surface area contributed by atoms with Gasteiger partial charge in [-0.15, -0.1) is 22.7 Å². The number of rotatable bonds is 8. The SMILES string of the molecule is CCN1C(=O)C(=Cc2ccc3c(c2)C(C)C(C)N3c2ccc(C=Cc3cccc4ccccc34)s2)SC1c1sc(=S)n(CC(=O)O)c1O. The smallest absolute Gasteiger partial charge is 0.323 e. The molecule has 244 valence electrons. The third-order valence-corrected chi connectivity index (χ3v) is 13.0. The quantitative estimate of drug-likeness (QED) is 0.122. The summed E-state index contributed by atoms with van der Waals surface area (Å²) in [5.41, 5.74) is 4.54. The molecule has 1 amide bonds. The van der Waals surface area contributed by atoms with Gasteiger partial charge < -0.3 is 20.0 Å². The van der Waals surface area contributed by atoms with Gasteiger partial charge in [-0.05, 0) is 89.9 Å². The number of hydrogen-bond acceptors (Lipinski definition) is 8. The number of carbonyl (C=O) groups excluding carboxylic acids is 1. The van der Waals surface area contributed by atoms with Crippen molar-refractivity contribution in [1.82, 2.24) is 9.47 Å². The summed E-state index contributed by atoms with van der Waals surface area (Å²) in [5.74, 6) is -1.14. The summed E-state index contributed by atoms with van der Waals surface area (Å²) in [7, 11) is 0. The van der Waals surface area contributed by atoms with Crippen molar-refractivity contribution in [1.29, 1.82) is 0 Å². The average Bonchev–Trinajstić information content (AvgIpc) is 3.80. The Morgan fingerprint density at radius 1 is 1.00 bits per heavy atom. The van der Waals surface area contributed by atoms with Gasteiger partial charge in [-0.1, -0.05) is 73.3 Å². The van der Waals surface area contributed by atoms with Crippen molar-refractivity contribution >= 4 is 98.2 Å². The number of thioether (sulfide) groups is 1. The Balaban J connectivity index is 1.14. The molecular formula is C37H33N3O4S4. The van der Waals surface area contributed by atoms with Crippen LogP contribution < -0.4 is 4.90 Å². The number of anilines is 2. The zero-order valence-corrected chi connectivity index (χ0v) is 29.8. The predicted molar refractivity (Wildman–Crippen MR) is 202 cm³/mol. The molecule has 0 bridgehead atoms. The molecule has 2 aliphatic rings. The van der Waals surface area contributed by atoms with Crippen LogP contribution in [0.3, 0.4) is 0 Å². The number of carbonyl (C=O) groups is 2. The maximum Gasteiger partial charge on any atom is 0.323 e. The monoisotopic (exact) mass is 711 g/mol. The second kappa shape index (κ2) is 13.0. The zero-order chi connectivity index (χ0) is 33.7. The van der Waals surface area contributed by atoms with E-state index in [0.717, 1.165) is 16.9 Å². The van der Waals surface area contributed by atoms with Gasteiger partial charge in [0, 0.05) is 29.1 Å². The van der Waals surface area contributed by atoms with Gasteiger partial charge in [0.15, 0.2) is 3.95 Å². The van der Waals surface area contributed by atoms with Crippen molar-refractivity contribution < 1.29 is 19.8 Å². The van der Waals surface area contributed by atoms with Crippen molar-refractivity contribution in [3.05, 3.63) is 108 Å². The lowest BCUT2D eigenvalue weighted by atomic mass is 9.96. The lowest BCUT2D eigenvalue weighted by Gasteiger charge is -2.24. The van der Waals surface area contributed by atoms with Gasteiger partial charge in [0.1, 0.15) is 16.8 Å². The number of hydrogen-bond donors (Lipinski definition) is 2. The van der Waals surface area contributed by atoms with E-state index in [1.165, 1.54) is 53.8 Å². The molecule has 3 atom stereocenters. The van der Waals surface area contributed by atoms with Crippen LogP contribution in [0.5, 0.6) is 5.88 Å². The van der Waals surface area contributed by atoms with Gasteiger partial charge in [0.05, 0.1) is 9.91 Å². The Hall–Kier alpha value is -4.16. The van der Waals surface area contributed by atoms with Gasteiger partial charge in [0.2, 0.25) is 5.88 Å². The number of aromatic nitrogens is 1. The Kier molecular flexibility index (Phi) is 8.80. The first kappa shape index (κ1) is 32.4. The van der Waals surface area contributed by atoms with Crippen LogP contribution in [-0.4, -0.2) is 44.1 Å². The molecule has 2 aromatic heterocycles. The maximum atomic E-state index is 13.5. The van der Waals surface area contributed by atoms with E-state index >= 15 is 0 Å². The fraction of sp³-hybridized carbons (Fsp3) is 0.216. The molecule has 1 fully saturated rings. The lowest BCUT2D eigenvalue weighted by Crippen LogP contribution is -2.27. The molecule has 0 aliphatic carbocycles. The molecule has 1 saturated heterocycles. The first-order chi connectivity index (χ1) is 23.1. The highest BCUT2D eigenvalue weighted by Gasteiger charge is 2.40. The van der Waals surface area contributed by atoms with E-state index in [0.29, 0.717) is 16.3 Å². The number of carboxylic acid groups (broad SMARTS) is 1. The van der Waals surface area contributed by atoms with E-state index in [4.69, 9.17) is 12.2 Å². The highest BCUT2D eigenvalue weighted by Crippen LogP contribution is 2.51. The van der Waals surface area contributed by atoms with Crippen molar-refractivity contribution in [2.75, 3.05) is 11.4 Å². The summed E-state index contributed by atoms with van der Waals surface area (Å²) in [5, 5.41) is 23.3. The minimum Gasteiger partial charge on any atom is -0.494 e. The van der Waals surface area contributed by atoms with E-state index in [1.54, 1.807) is 16.2 Å². The molecule has 5 aromatic rings. The molecule has 2 N–H and O–H groups in total. The van der Waals surface area contributed by atoms with Crippen LogP contribution >= 0.6 is 46.7 Å². The molecule has 7 rings (SSSR count). The van der Waals surface area contributed by atoms with Crippen LogP contribution in [0.25, 0.3) is 29.0 Å². The third-order valence-electron chi connectivity index (χ3n) is 9.08. The molecule has 3 aromatic carbocycles. The molecule has 0 radical (unpaired) electrons. The topological polar surface area (TPSA) is 86.0 Å². The summed E-state index contributed by atoms with van der Waals surface area (Å²) in [6.45, 7) is 6.40. The first-order valence-electron chi connectivity index (χ1n) is 15.7. The number of carboxylic acids is 1. The number of thiazole rings is 1. The number of likely N-dealkylation sites (N-methyl/N-ethyl adjacent to an activating group) is 1. The van der Waals surface area contributed by atoms with E-state index in [9.17, 15) is 19.8 Å². The number of fused-ring (bicyclic) bond motifs is 2. The summed E-state index contributed by atoms with van der Waals surface area (Å²) in [6, 6.07) is 25.8. The fourth-order valence-electron chi connectivity index (χ4n) is 6.48. The van der Waals surface area contributed by atoms with Gasteiger partial charge in [-0.25, -0.2) is 0 Å². The summed E-state index contributed by atoms with van der Waals surface area (Å²) in [6.07, 6.45) is 6.30. The van der Waals surface area contributed by atoms with Gasteiger partial charge in [-0.2, -0.15) is 0 Å². The second-order valence-corrected chi connectivity index (χ2v) is 15.8. The second-order valence-electron chi connectivity index (χ2n) is 11.9. The lowest BCUT2D eigenvalue weighted by molar-refractivity contribution is -0.137. The zero-order valence-electron chi connectivity index (χ0n) is 26.5. The number of nitrogens with zero attached hydrogens (tertiary/aromatic N) is 3. The van der Waals surface area contributed by atoms with E-state index in [2.05, 4.69) is 104 Å². The van der Waals surface area contributed by atoms with Crippen molar-refractivity contribution in [3.63, 3.8) is 0 Å². The molecular weight excluding hydrogens is 679 g/mol. The van der Waals surface area contributed by atoms with Crippen LogP contribution in [0.15, 0.2) is 77.7 Å². The fourth-order valence-corrected chi connectivity index (χ4v) is 10.3. The number of thiophene rings is 1. The van der Waals surface area contributed by atoms with Crippen LogP contribution in [0.2, 0.25) is 0 Å². The molecule has 11 heteroatoms. The van der Waals surface area contributed by atoms with Crippen LogP contribution in [0, 0.1) is 3.95 Å². The Labute approximate surface area is 296 Å². The first-order valence-corrected chi connectivity index (χ1v) is 18.6.